The van der Waals surface area contributed by atoms with E-state index in [1.807, 2.05) is 0 Å². The van der Waals surface area contributed by atoms with Gasteiger partial charge in [-0.15, -0.1) is 0 Å². The monoisotopic (exact) mass is 300 g/mol. The fourth-order valence-corrected chi connectivity index (χ4v) is 1.88. The molecule has 1 aromatic rings. The molecule has 0 aliphatic heterocycles. The van der Waals surface area contributed by atoms with Gasteiger partial charge in [-0.2, -0.15) is 0 Å². The summed E-state index contributed by atoms with van der Waals surface area (Å²) in [6.45, 7) is 0.577. The van der Waals surface area contributed by atoms with Gasteiger partial charge in [0.25, 0.3) is 5.91 Å². The van der Waals surface area contributed by atoms with Crippen molar-refractivity contribution in [3.63, 3.8) is 0 Å². The van der Waals surface area contributed by atoms with Crippen LogP contribution in [0.2, 0.25) is 5.02 Å². The van der Waals surface area contributed by atoms with Gasteiger partial charge in [-0.3, -0.25) is 4.79 Å². The number of carbonyl (C=O) groups excluding carboxylic acids is 1. The van der Waals surface area contributed by atoms with Crippen molar-refractivity contribution in [1.29, 1.82) is 0 Å². The number of nitrogens with two attached hydrogens (primary N) is 1. The van der Waals surface area contributed by atoms with Crippen molar-refractivity contribution >= 4 is 34.7 Å². The van der Waals surface area contributed by atoms with Gasteiger partial charge >= 0.3 is 0 Å². The minimum absolute atomic E-state index is 0.177. The molecule has 0 heterocycles. The third kappa shape index (κ3) is 5.44. The fourth-order valence-electron chi connectivity index (χ4n) is 1.57. The largest absolute Gasteiger partial charge is 0.496 e. The van der Waals surface area contributed by atoms with Crippen LogP contribution in [0.15, 0.2) is 18.2 Å². The summed E-state index contributed by atoms with van der Waals surface area (Å²) in [5, 5.41) is 3.35. The van der Waals surface area contributed by atoms with Gasteiger partial charge in [-0.1, -0.05) is 23.8 Å². The lowest BCUT2D eigenvalue weighted by molar-refractivity contribution is 0.0950. The van der Waals surface area contributed by atoms with E-state index >= 15 is 0 Å². The van der Waals surface area contributed by atoms with Crippen LogP contribution in [0.3, 0.4) is 0 Å². The molecule has 0 bridgehead atoms. The molecule has 0 aliphatic rings. The summed E-state index contributed by atoms with van der Waals surface area (Å²) in [6, 6.07) is 4.92. The first-order chi connectivity index (χ1) is 9.04. The zero-order valence-corrected chi connectivity index (χ0v) is 12.3. The summed E-state index contributed by atoms with van der Waals surface area (Å²) in [7, 11) is 1.50. The molecule has 4 nitrogen and oxygen atoms in total. The molecule has 0 saturated heterocycles. The van der Waals surface area contributed by atoms with Gasteiger partial charge in [-0.05, 0) is 37.5 Å². The van der Waals surface area contributed by atoms with Gasteiger partial charge in [0.2, 0.25) is 0 Å². The van der Waals surface area contributed by atoms with Gasteiger partial charge in [0, 0.05) is 11.6 Å². The molecule has 104 valence electrons. The van der Waals surface area contributed by atoms with Gasteiger partial charge in [0.05, 0.1) is 17.7 Å². The smallest absolute Gasteiger partial charge is 0.255 e. The van der Waals surface area contributed by atoms with Gasteiger partial charge in [0.15, 0.2) is 0 Å². The first-order valence-electron chi connectivity index (χ1n) is 5.94. The molecule has 0 atom stereocenters. The van der Waals surface area contributed by atoms with Crippen LogP contribution in [0.4, 0.5) is 0 Å². The highest BCUT2D eigenvalue weighted by Crippen LogP contribution is 2.22. The van der Waals surface area contributed by atoms with Crippen LogP contribution in [-0.4, -0.2) is 24.6 Å². The van der Waals surface area contributed by atoms with Crippen LogP contribution in [0.1, 0.15) is 29.6 Å². The predicted molar refractivity (Wildman–Crippen MR) is 81.0 cm³/mol. The van der Waals surface area contributed by atoms with Crippen LogP contribution in [0.5, 0.6) is 5.75 Å². The molecule has 0 saturated carbocycles. The lowest BCUT2D eigenvalue weighted by Crippen LogP contribution is -2.25. The summed E-state index contributed by atoms with van der Waals surface area (Å²) >= 11 is 10.6. The second-order valence-electron chi connectivity index (χ2n) is 4.02. The molecule has 0 aliphatic carbocycles. The van der Waals surface area contributed by atoms with E-state index in [0.717, 1.165) is 12.8 Å². The summed E-state index contributed by atoms with van der Waals surface area (Å²) in [5.74, 6) is 0.289. The minimum Gasteiger partial charge on any atom is -0.496 e. The third-order valence-corrected chi connectivity index (χ3v) is 2.98. The molecule has 0 unspecified atom stereocenters. The summed E-state index contributed by atoms with van der Waals surface area (Å²) < 4.78 is 5.13. The van der Waals surface area contributed by atoms with E-state index in [9.17, 15) is 4.79 Å². The van der Waals surface area contributed by atoms with Crippen LogP contribution < -0.4 is 15.8 Å². The number of unbranched alkanes of at least 4 members (excludes halogenated alkanes) is 1. The molecular formula is C13H17ClN2O2S. The number of ether oxygens (including phenoxy) is 1. The molecule has 1 rings (SSSR count). The number of nitrogens with one attached hydrogen (secondary N) is 1. The topological polar surface area (TPSA) is 64.3 Å². The number of halogens is 1. The normalized spacial score (nSPS) is 10.0. The van der Waals surface area contributed by atoms with Crippen LogP contribution in [-0.2, 0) is 0 Å². The van der Waals surface area contributed by atoms with Crippen molar-refractivity contribution in [2.75, 3.05) is 13.7 Å². The average molecular weight is 301 g/mol. The highest BCUT2D eigenvalue weighted by Gasteiger charge is 2.11. The van der Waals surface area contributed by atoms with E-state index in [1.54, 1.807) is 18.2 Å². The maximum atomic E-state index is 11.9. The first-order valence-corrected chi connectivity index (χ1v) is 6.73. The molecule has 6 heteroatoms. The molecule has 0 fully saturated rings. The number of benzene rings is 1. The summed E-state index contributed by atoms with van der Waals surface area (Å²) in [4.78, 5) is 12.5. The van der Waals surface area contributed by atoms with Gasteiger partial charge < -0.3 is 15.8 Å². The molecule has 0 radical (unpaired) electrons. The Kier molecular flexibility index (Phi) is 6.59. The average Bonchev–Trinajstić information content (AvgIpc) is 2.37. The van der Waals surface area contributed by atoms with Crippen molar-refractivity contribution in [3.05, 3.63) is 28.8 Å². The minimum atomic E-state index is -0.177. The van der Waals surface area contributed by atoms with Crippen molar-refractivity contribution in [1.82, 2.24) is 5.32 Å². The van der Waals surface area contributed by atoms with Crippen molar-refractivity contribution in [2.45, 2.75) is 19.3 Å². The van der Waals surface area contributed by atoms with Crippen LogP contribution >= 0.6 is 23.8 Å². The highest BCUT2D eigenvalue weighted by atomic mass is 35.5. The van der Waals surface area contributed by atoms with Crippen LogP contribution in [0.25, 0.3) is 0 Å². The molecule has 1 aromatic carbocycles. The van der Waals surface area contributed by atoms with E-state index < -0.39 is 0 Å². The molecule has 3 N–H and O–H groups in total. The summed E-state index contributed by atoms with van der Waals surface area (Å²) in [5.41, 5.74) is 5.87. The Morgan fingerprint density at radius 1 is 1.47 bits per heavy atom. The molecule has 19 heavy (non-hydrogen) atoms. The molecular weight excluding hydrogens is 284 g/mol. The maximum absolute atomic E-state index is 11.9. The standard InChI is InChI=1S/C13H17ClN2O2S/c1-18-11-8-9(14)5-6-10(11)13(17)16-7-3-2-4-12(15)19/h5-6,8H,2-4,7H2,1H3,(H2,15,19)(H,16,17). The number of amides is 1. The molecule has 0 aromatic heterocycles. The lowest BCUT2D eigenvalue weighted by atomic mass is 10.2. The number of hydrogen-bond acceptors (Lipinski definition) is 3. The number of carbonyl (C=O) groups is 1. The number of thiocarbonyl (C=S) groups is 1. The Hall–Kier alpha value is -1.33. The Bertz CT molecular complexity index is 466. The number of methoxy groups -OCH3 is 1. The first kappa shape index (κ1) is 15.7. The van der Waals surface area contributed by atoms with E-state index in [-0.39, 0.29) is 5.91 Å². The van der Waals surface area contributed by atoms with Crippen molar-refractivity contribution in [2.24, 2.45) is 5.73 Å². The van der Waals surface area contributed by atoms with E-state index in [2.05, 4.69) is 5.32 Å². The fraction of sp³-hybridized carbons (Fsp3) is 0.385. The summed E-state index contributed by atoms with van der Waals surface area (Å²) in [6.07, 6.45) is 2.40. The van der Waals surface area contributed by atoms with Gasteiger partial charge in [0.1, 0.15) is 5.75 Å². The number of rotatable bonds is 7. The van der Waals surface area contributed by atoms with E-state index in [4.69, 9.17) is 34.3 Å². The van der Waals surface area contributed by atoms with Gasteiger partial charge in [-0.25, -0.2) is 0 Å². The second kappa shape index (κ2) is 7.96. The quantitative estimate of drug-likeness (QED) is 0.600. The zero-order valence-electron chi connectivity index (χ0n) is 10.7. The predicted octanol–water partition coefficient (Wildman–Crippen LogP) is 2.53. The maximum Gasteiger partial charge on any atom is 0.255 e. The van der Waals surface area contributed by atoms with Crippen molar-refractivity contribution in [3.8, 4) is 5.75 Å². The highest BCUT2D eigenvalue weighted by molar-refractivity contribution is 7.80. The van der Waals surface area contributed by atoms with Crippen LogP contribution in [0, 0.1) is 0 Å². The molecule has 0 spiro atoms. The third-order valence-electron chi connectivity index (χ3n) is 2.54. The number of hydrogen-bond donors (Lipinski definition) is 2. The second-order valence-corrected chi connectivity index (χ2v) is 4.98. The molecule has 1 amide bonds. The Labute approximate surface area is 123 Å². The lowest BCUT2D eigenvalue weighted by Gasteiger charge is -2.09. The zero-order chi connectivity index (χ0) is 14.3. The Morgan fingerprint density at radius 2 is 2.21 bits per heavy atom. The SMILES string of the molecule is COc1cc(Cl)ccc1C(=O)NCCCCC(N)=S. The Balaban J connectivity index is 2.47. The van der Waals surface area contributed by atoms with E-state index in [0.29, 0.717) is 34.3 Å². The Morgan fingerprint density at radius 3 is 2.84 bits per heavy atom. The van der Waals surface area contributed by atoms with E-state index in [1.165, 1.54) is 7.11 Å². The van der Waals surface area contributed by atoms with Crippen molar-refractivity contribution < 1.29 is 9.53 Å².